The minimum Gasteiger partial charge on any atom is -0.208 e. The van der Waals surface area contributed by atoms with Crippen LogP contribution < -0.4 is 4.72 Å². The van der Waals surface area contributed by atoms with Crippen molar-refractivity contribution in [2.75, 3.05) is 0 Å². The van der Waals surface area contributed by atoms with Gasteiger partial charge >= 0.3 is 0 Å². The van der Waals surface area contributed by atoms with E-state index in [9.17, 15) is 8.42 Å². The summed E-state index contributed by atoms with van der Waals surface area (Å²) in [5, 5.41) is 0. The number of benzene rings is 1. The molecule has 2 rings (SSSR count). The van der Waals surface area contributed by atoms with Crippen molar-refractivity contribution in [3.05, 3.63) is 29.8 Å². The van der Waals surface area contributed by atoms with Gasteiger partial charge in [0, 0.05) is 10.9 Å². The van der Waals surface area contributed by atoms with Crippen LogP contribution in [0.2, 0.25) is 0 Å². The molecule has 3 nitrogen and oxygen atoms in total. The van der Waals surface area contributed by atoms with Gasteiger partial charge in [-0.2, -0.15) is 0 Å². The topological polar surface area (TPSA) is 46.2 Å². The number of aryl methyl sites for hydroxylation is 1. The Morgan fingerprint density at radius 1 is 1.22 bits per heavy atom. The molecule has 5 heteroatoms. The first-order chi connectivity index (χ1) is 8.47. The van der Waals surface area contributed by atoms with E-state index < -0.39 is 10.0 Å². The van der Waals surface area contributed by atoms with Crippen LogP contribution in [0.4, 0.5) is 0 Å². The first-order valence-corrected chi connectivity index (χ1v) is 8.60. The molecule has 0 bridgehead atoms. The van der Waals surface area contributed by atoms with Crippen molar-refractivity contribution < 1.29 is 8.42 Å². The summed E-state index contributed by atoms with van der Waals surface area (Å²) < 4.78 is 27.2. The number of nitrogens with one attached hydrogen (secondary N) is 1. The average Bonchev–Trinajstić information content (AvgIpc) is 2.32. The molecule has 0 amide bonds. The first kappa shape index (κ1) is 14.0. The molecule has 0 unspecified atom stereocenters. The fourth-order valence-electron chi connectivity index (χ4n) is 2.24. The molecule has 0 saturated heterocycles. The lowest BCUT2D eigenvalue weighted by molar-refractivity contribution is 0.422. The van der Waals surface area contributed by atoms with Crippen LogP contribution in [0, 0.1) is 6.92 Å². The molecule has 0 aromatic heterocycles. The van der Waals surface area contributed by atoms with Gasteiger partial charge in [0.2, 0.25) is 10.0 Å². The molecule has 0 spiro atoms. The van der Waals surface area contributed by atoms with Crippen LogP contribution in [-0.4, -0.2) is 19.3 Å². The van der Waals surface area contributed by atoms with Crippen molar-refractivity contribution in [1.82, 2.24) is 4.72 Å². The monoisotopic (exact) mass is 331 g/mol. The van der Waals surface area contributed by atoms with E-state index in [4.69, 9.17) is 0 Å². The van der Waals surface area contributed by atoms with Gasteiger partial charge < -0.3 is 0 Å². The second-order valence-corrected chi connectivity index (χ2v) is 7.90. The summed E-state index contributed by atoms with van der Waals surface area (Å²) in [7, 11) is -3.37. The minimum atomic E-state index is -3.37. The van der Waals surface area contributed by atoms with Crippen molar-refractivity contribution in [2.45, 2.75) is 48.4 Å². The zero-order valence-corrected chi connectivity index (χ0v) is 12.8. The normalized spacial score (nSPS) is 25.0. The molecule has 18 heavy (non-hydrogen) atoms. The maximum Gasteiger partial charge on any atom is 0.240 e. The molecule has 1 N–H and O–H groups in total. The van der Waals surface area contributed by atoms with Crippen LogP contribution in [-0.2, 0) is 10.0 Å². The molecule has 1 aromatic rings. The van der Waals surface area contributed by atoms with Gasteiger partial charge in [0.05, 0.1) is 4.90 Å². The maximum atomic E-state index is 12.2. The van der Waals surface area contributed by atoms with E-state index >= 15 is 0 Å². The van der Waals surface area contributed by atoms with Gasteiger partial charge in [-0.25, -0.2) is 13.1 Å². The van der Waals surface area contributed by atoms with E-state index in [0.29, 0.717) is 9.72 Å². The highest BCUT2D eigenvalue weighted by atomic mass is 79.9. The van der Waals surface area contributed by atoms with E-state index in [1.807, 2.05) is 13.0 Å². The molecule has 1 aliphatic rings. The number of alkyl halides is 1. The molecule has 1 aliphatic carbocycles. The van der Waals surface area contributed by atoms with Gasteiger partial charge in [0.15, 0.2) is 0 Å². The highest BCUT2D eigenvalue weighted by Gasteiger charge is 2.24. The van der Waals surface area contributed by atoms with Crippen molar-refractivity contribution in [2.24, 2.45) is 0 Å². The number of hydrogen-bond donors (Lipinski definition) is 1. The third kappa shape index (κ3) is 3.56. The van der Waals surface area contributed by atoms with Crippen LogP contribution >= 0.6 is 15.9 Å². The quantitative estimate of drug-likeness (QED) is 0.865. The summed E-state index contributed by atoms with van der Waals surface area (Å²) in [4.78, 5) is 0.903. The third-order valence-corrected chi connectivity index (χ3v) is 5.71. The van der Waals surface area contributed by atoms with Crippen molar-refractivity contribution in [3.63, 3.8) is 0 Å². The summed E-state index contributed by atoms with van der Waals surface area (Å²) >= 11 is 3.57. The third-order valence-electron chi connectivity index (χ3n) is 3.28. The summed E-state index contributed by atoms with van der Waals surface area (Å²) in [6.07, 6.45) is 3.87. The van der Waals surface area contributed by atoms with Gasteiger partial charge in [-0.15, -0.1) is 0 Å². The predicted molar refractivity (Wildman–Crippen MR) is 76.5 cm³/mol. The van der Waals surface area contributed by atoms with Gasteiger partial charge in [-0.05, 0) is 50.3 Å². The van der Waals surface area contributed by atoms with Crippen LogP contribution in [0.1, 0.15) is 31.2 Å². The van der Waals surface area contributed by atoms with Crippen molar-refractivity contribution >= 4 is 26.0 Å². The molecule has 0 atom stereocenters. The number of halogens is 1. The lowest BCUT2D eigenvalue weighted by Crippen LogP contribution is -2.37. The zero-order chi connectivity index (χ0) is 13.2. The highest BCUT2D eigenvalue weighted by Crippen LogP contribution is 2.25. The standard InChI is InChI=1S/C13H18BrNO2S/c1-10-3-2-4-13(9-10)18(16,17)15-12-7-5-11(14)6-8-12/h2-4,9,11-12,15H,5-8H2,1H3. The van der Waals surface area contributed by atoms with Crippen molar-refractivity contribution in [1.29, 1.82) is 0 Å². The van der Waals surface area contributed by atoms with Gasteiger partial charge in [0.1, 0.15) is 0 Å². The molecular formula is C13H18BrNO2S. The Morgan fingerprint density at radius 2 is 1.89 bits per heavy atom. The Labute approximate surface area is 117 Å². The minimum absolute atomic E-state index is 0.0734. The van der Waals surface area contributed by atoms with Gasteiger partial charge in [-0.1, -0.05) is 28.1 Å². The zero-order valence-electron chi connectivity index (χ0n) is 10.4. The van der Waals surface area contributed by atoms with E-state index in [0.717, 1.165) is 31.2 Å². The molecule has 1 saturated carbocycles. The van der Waals surface area contributed by atoms with E-state index in [1.165, 1.54) is 0 Å². The summed E-state index contributed by atoms with van der Waals surface area (Å²) in [6, 6.07) is 7.10. The second-order valence-electron chi connectivity index (χ2n) is 4.89. The predicted octanol–water partition coefficient (Wildman–Crippen LogP) is 2.98. The highest BCUT2D eigenvalue weighted by molar-refractivity contribution is 9.09. The Balaban J connectivity index is 2.08. The summed E-state index contributed by atoms with van der Waals surface area (Å²) in [5.41, 5.74) is 0.960. The van der Waals surface area contributed by atoms with Gasteiger partial charge in [0.25, 0.3) is 0 Å². The smallest absolute Gasteiger partial charge is 0.208 e. The van der Waals surface area contributed by atoms with Crippen molar-refractivity contribution in [3.8, 4) is 0 Å². The number of sulfonamides is 1. The number of hydrogen-bond acceptors (Lipinski definition) is 2. The van der Waals surface area contributed by atoms with Crippen LogP contribution in [0.15, 0.2) is 29.2 Å². The maximum absolute atomic E-state index is 12.2. The number of rotatable bonds is 3. The van der Waals surface area contributed by atoms with E-state index in [-0.39, 0.29) is 6.04 Å². The second kappa shape index (κ2) is 5.72. The fourth-order valence-corrected chi connectivity index (χ4v) is 4.18. The Hall–Kier alpha value is -0.390. The molecule has 100 valence electrons. The molecule has 0 radical (unpaired) electrons. The molecule has 0 heterocycles. The lowest BCUT2D eigenvalue weighted by Gasteiger charge is -2.25. The molecule has 1 aromatic carbocycles. The Morgan fingerprint density at radius 3 is 2.50 bits per heavy atom. The largest absolute Gasteiger partial charge is 0.240 e. The van der Waals surface area contributed by atoms with E-state index in [1.54, 1.807) is 18.2 Å². The Kier molecular flexibility index (Phi) is 4.45. The first-order valence-electron chi connectivity index (χ1n) is 6.20. The lowest BCUT2D eigenvalue weighted by atomic mass is 9.96. The summed E-state index contributed by atoms with van der Waals surface area (Å²) in [6.45, 7) is 1.90. The fraction of sp³-hybridized carbons (Fsp3) is 0.538. The molecular weight excluding hydrogens is 314 g/mol. The van der Waals surface area contributed by atoms with Crippen LogP contribution in [0.25, 0.3) is 0 Å². The SMILES string of the molecule is Cc1cccc(S(=O)(=O)NC2CCC(Br)CC2)c1. The summed E-state index contributed by atoms with van der Waals surface area (Å²) in [5.74, 6) is 0. The Bertz CT molecular complexity index is 507. The molecule has 0 aliphatic heterocycles. The van der Waals surface area contributed by atoms with Crippen LogP contribution in [0.5, 0.6) is 0 Å². The van der Waals surface area contributed by atoms with Gasteiger partial charge in [-0.3, -0.25) is 0 Å². The average molecular weight is 332 g/mol. The van der Waals surface area contributed by atoms with E-state index in [2.05, 4.69) is 20.7 Å². The molecule has 1 fully saturated rings. The van der Waals surface area contributed by atoms with Crippen LogP contribution in [0.3, 0.4) is 0 Å².